The minimum absolute atomic E-state index is 0.000236. The second-order valence-electron chi connectivity index (χ2n) is 12.5. The van der Waals surface area contributed by atoms with Crippen molar-refractivity contribution in [2.75, 3.05) is 5.32 Å². The highest BCUT2D eigenvalue weighted by Gasteiger charge is 2.22. The Morgan fingerprint density at radius 2 is 1.34 bits per heavy atom. The van der Waals surface area contributed by atoms with Crippen molar-refractivity contribution in [2.45, 2.75) is 108 Å². The molecule has 2 N–H and O–H groups in total. The smallest absolute Gasteiger partial charge is 0.319 e. The maximum absolute atomic E-state index is 13.2. The summed E-state index contributed by atoms with van der Waals surface area (Å²) in [5.74, 6) is -0.148. The first-order valence-electron chi connectivity index (χ1n) is 15.6. The van der Waals surface area contributed by atoms with Crippen LogP contribution in [-0.4, -0.2) is 26.3 Å². The van der Waals surface area contributed by atoms with Crippen LogP contribution in [0, 0.1) is 0 Å². The summed E-state index contributed by atoms with van der Waals surface area (Å²) in [6.07, 6.45) is 8.56. The van der Waals surface area contributed by atoms with Crippen LogP contribution in [0.2, 0.25) is 5.02 Å². The van der Waals surface area contributed by atoms with Gasteiger partial charge in [-0.05, 0) is 71.3 Å². The largest absolute Gasteiger partial charge is 0.328 e. The normalized spacial score (nSPS) is 12.5. The van der Waals surface area contributed by atoms with Crippen LogP contribution in [0.25, 0.3) is 0 Å². The maximum atomic E-state index is 13.2. The van der Waals surface area contributed by atoms with Gasteiger partial charge in [-0.15, -0.1) is 0 Å². The summed E-state index contributed by atoms with van der Waals surface area (Å²) in [5, 5.41) is 6.26. The van der Waals surface area contributed by atoms with Crippen LogP contribution in [0.1, 0.15) is 95.8 Å². The molecule has 0 spiro atoms. The molecule has 0 unspecified atom stereocenters. The molecular formula is C36H47ClN2O4S. The van der Waals surface area contributed by atoms with Crippen LogP contribution in [0.15, 0.2) is 77.7 Å². The quantitative estimate of drug-likeness (QED) is 0.153. The second kappa shape index (κ2) is 16.8. The first-order chi connectivity index (χ1) is 20.9. The molecule has 0 saturated heterocycles. The standard InChI is InChI=1S/C36H47ClN2O4S/c1-5-6-7-8-9-10-11-12-34(40)33(25-27-13-19-30(37)20-14-27)39-35(41)38-31-21-15-28(16-22-31)26-44(42,43)32-23-17-29(18-24-32)36(2,3)4/h13-24,33H,5-12,25-26H2,1-4H3,(H2,38,39,41)/t33-/m1/s1. The fourth-order valence-electron chi connectivity index (χ4n) is 5.01. The molecule has 0 radical (unpaired) electrons. The Morgan fingerprint density at radius 1 is 0.773 bits per heavy atom. The number of Topliss-reactive ketones (excluding diaryl/α,β-unsaturated/α-hetero) is 1. The first-order valence-corrected chi connectivity index (χ1v) is 17.7. The zero-order valence-corrected chi connectivity index (χ0v) is 28.1. The van der Waals surface area contributed by atoms with Crippen molar-refractivity contribution in [3.05, 3.63) is 94.5 Å². The van der Waals surface area contributed by atoms with Gasteiger partial charge in [-0.3, -0.25) is 4.79 Å². The molecule has 44 heavy (non-hydrogen) atoms. The number of ketones is 1. The third-order valence-corrected chi connectivity index (χ3v) is 9.68. The van der Waals surface area contributed by atoms with Crippen LogP contribution in [0.5, 0.6) is 0 Å². The summed E-state index contributed by atoms with van der Waals surface area (Å²) >= 11 is 6.03. The number of hydrogen-bond donors (Lipinski definition) is 2. The lowest BCUT2D eigenvalue weighted by Crippen LogP contribution is -2.44. The average molecular weight is 639 g/mol. The van der Waals surface area contributed by atoms with Gasteiger partial charge in [-0.1, -0.05) is 114 Å². The predicted molar refractivity (Wildman–Crippen MR) is 181 cm³/mol. The lowest BCUT2D eigenvalue weighted by molar-refractivity contribution is -0.120. The van der Waals surface area contributed by atoms with Gasteiger partial charge in [-0.25, -0.2) is 13.2 Å². The molecule has 3 rings (SSSR count). The predicted octanol–water partition coefficient (Wildman–Crippen LogP) is 9.05. The first kappa shape index (κ1) is 35.3. The molecule has 0 fully saturated rings. The molecule has 2 amide bonds. The van der Waals surface area contributed by atoms with Gasteiger partial charge < -0.3 is 10.6 Å². The number of anilines is 1. The third kappa shape index (κ3) is 11.7. The maximum Gasteiger partial charge on any atom is 0.319 e. The molecule has 0 bridgehead atoms. The van der Waals surface area contributed by atoms with Gasteiger partial charge in [0.25, 0.3) is 0 Å². The number of rotatable bonds is 16. The van der Waals surface area contributed by atoms with Gasteiger partial charge in [0.1, 0.15) is 0 Å². The molecule has 1 atom stereocenters. The summed E-state index contributed by atoms with van der Waals surface area (Å²) in [7, 11) is -3.53. The Hall–Kier alpha value is -3.16. The number of carbonyl (C=O) groups excluding carboxylic acids is 2. The highest BCUT2D eigenvalue weighted by molar-refractivity contribution is 7.90. The number of carbonyl (C=O) groups is 2. The number of unbranched alkanes of at least 4 members (excludes halogenated alkanes) is 6. The summed E-state index contributed by atoms with van der Waals surface area (Å²) < 4.78 is 26.0. The van der Waals surface area contributed by atoms with Crippen molar-refractivity contribution < 1.29 is 18.0 Å². The monoisotopic (exact) mass is 638 g/mol. The topological polar surface area (TPSA) is 92.3 Å². The molecule has 0 saturated carbocycles. The summed E-state index contributed by atoms with van der Waals surface area (Å²) in [6.45, 7) is 8.45. The highest BCUT2D eigenvalue weighted by atomic mass is 35.5. The fourth-order valence-corrected chi connectivity index (χ4v) is 6.48. The molecule has 0 aliphatic heterocycles. The highest BCUT2D eigenvalue weighted by Crippen LogP contribution is 2.25. The van der Waals surface area contributed by atoms with Crippen LogP contribution in [0.4, 0.5) is 10.5 Å². The molecule has 0 aliphatic carbocycles. The Bertz CT molecular complexity index is 1450. The van der Waals surface area contributed by atoms with Crippen molar-refractivity contribution in [1.29, 1.82) is 0 Å². The van der Waals surface area contributed by atoms with E-state index in [0.29, 0.717) is 29.1 Å². The number of hydrogen-bond acceptors (Lipinski definition) is 4. The number of benzene rings is 3. The zero-order chi connectivity index (χ0) is 32.2. The fraction of sp³-hybridized carbons (Fsp3) is 0.444. The zero-order valence-electron chi connectivity index (χ0n) is 26.5. The molecule has 0 heterocycles. The van der Waals surface area contributed by atoms with Gasteiger partial charge >= 0.3 is 6.03 Å². The van der Waals surface area contributed by atoms with E-state index >= 15 is 0 Å². The Labute approximate surface area is 268 Å². The van der Waals surface area contributed by atoms with E-state index < -0.39 is 21.9 Å². The minimum Gasteiger partial charge on any atom is -0.328 e. The van der Waals surface area contributed by atoms with Crippen molar-refractivity contribution in [1.82, 2.24) is 5.32 Å². The number of urea groups is 1. The van der Waals surface area contributed by atoms with Crippen LogP contribution in [0.3, 0.4) is 0 Å². The summed E-state index contributed by atoms with van der Waals surface area (Å²) in [6, 6.07) is 19.9. The van der Waals surface area contributed by atoms with E-state index in [9.17, 15) is 18.0 Å². The van der Waals surface area contributed by atoms with E-state index in [4.69, 9.17) is 11.6 Å². The molecule has 6 nitrogen and oxygen atoms in total. The average Bonchev–Trinajstić information content (AvgIpc) is 2.98. The molecule has 3 aromatic rings. The van der Waals surface area contributed by atoms with Crippen molar-refractivity contribution in [3.63, 3.8) is 0 Å². The number of nitrogens with one attached hydrogen (secondary N) is 2. The van der Waals surface area contributed by atoms with Crippen LogP contribution in [-0.2, 0) is 32.2 Å². The SMILES string of the molecule is CCCCCCCCCC(=O)[C@@H](Cc1ccc(Cl)cc1)NC(=O)Nc1ccc(CS(=O)(=O)c2ccc(C(C)(C)C)cc2)cc1. The van der Waals surface area contributed by atoms with E-state index in [1.54, 1.807) is 48.5 Å². The molecule has 0 aromatic heterocycles. The van der Waals surface area contributed by atoms with E-state index in [0.717, 1.165) is 30.4 Å². The van der Waals surface area contributed by atoms with Crippen LogP contribution < -0.4 is 10.6 Å². The lowest BCUT2D eigenvalue weighted by Gasteiger charge is -2.19. The number of amides is 2. The van der Waals surface area contributed by atoms with Gasteiger partial charge in [0.05, 0.1) is 16.7 Å². The minimum atomic E-state index is -3.53. The van der Waals surface area contributed by atoms with Gasteiger partial charge in [0, 0.05) is 17.1 Å². The van der Waals surface area contributed by atoms with E-state index in [2.05, 4.69) is 38.3 Å². The van der Waals surface area contributed by atoms with Crippen molar-refractivity contribution in [3.8, 4) is 0 Å². The number of sulfone groups is 1. The van der Waals surface area contributed by atoms with Gasteiger partial charge in [0.2, 0.25) is 0 Å². The second-order valence-corrected chi connectivity index (χ2v) is 15.0. The van der Waals surface area contributed by atoms with Crippen molar-refractivity contribution >= 4 is 38.9 Å². The Morgan fingerprint density at radius 3 is 1.93 bits per heavy atom. The molecule has 3 aromatic carbocycles. The third-order valence-electron chi connectivity index (χ3n) is 7.72. The number of halogens is 1. The Balaban J connectivity index is 1.59. The van der Waals surface area contributed by atoms with Crippen molar-refractivity contribution in [2.24, 2.45) is 0 Å². The molecular weight excluding hydrogens is 592 g/mol. The lowest BCUT2D eigenvalue weighted by atomic mass is 9.87. The van der Waals surface area contributed by atoms with E-state index in [1.807, 2.05) is 24.3 Å². The van der Waals surface area contributed by atoms with Gasteiger partial charge in [-0.2, -0.15) is 0 Å². The Kier molecular flexibility index (Phi) is 13.5. The summed E-state index contributed by atoms with van der Waals surface area (Å²) in [5.41, 5.74) is 3.03. The summed E-state index contributed by atoms with van der Waals surface area (Å²) in [4.78, 5) is 26.4. The van der Waals surface area contributed by atoms with Gasteiger partial charge in [0.15, 0.2) is 15.6 Å². The molecule has 8 heteroatoms. The molecule has 0 aliphatic rings. The van der Waals surface area contributed by atoms with E-state index in [1.165, 1.54) is 25.7 Å². The molecule has 238 valence electrons. The van der Waals surface area contributed by atoms with Crippen LogP contribution >= 0.6 is 11.6 Å². The van der Waals surface area contributed by atoms with E-state index in [-0.39, 0.29) is 21.8 Å².